The van der Waals surface area contributed by atoms with Gasteiger partial charge in [0, 0.05) is 6.54 Å². The lowest BCUT2D eigenvalue weighted by Gasteiger charge is -2.16. The fourth-order valence-electron chi connectivity index (χ4n) is 2.26. The summed E-state index contributed by atoms with van der Waals surface area (Å²) in [5.41, 5.74) is 1.98. The van der Waals surface area contributed by atoms with E-state index >= 15 is 0 Å². The first-order valence-corrected chi connectivity index (χ1v) is 7.01. The van der Waals surface area contributed by atoms with Crippen LogP contribution in [0.2, 0.25) is 0 Å². The second-order valence-electron chi connectivity index (χ2n) is 5.49. The quantitative estimate of drug-likeness (QED) is 0.884. The number of hydrogen-bond donors (Lipinski definition) is 1. The lowest BCUT2D eigenvalue weighted by molar-refractivity contribution is -0.138. The van der Waals surface area contributed by atoms with Crippen molar-refractivity contribution in [2.75, 3.05) is 7.05 Å². The Kier molecular flexibility index (Phi) is 4.81. The molecule has 112 valence electrons. The van der Waals surface area contributed by atoms with E-state index in [0.29, 0.717) is 0 Å². The molecule has 1 aromatic heterocycles. The van der Waals surface area contributed by atoms with Gasteiger partial charge in [0.15, 0.2) is 0 Å². The number of nitrogens with zero attached hydrogens (tertiary/aromatic N) is 1. The van der Waals surface area contributed by atoms with Crippen molar-refractivity contribution in [1.29, 1.82) is 0 Å². The molecular weight excluding hydrogens is 266 g/mol. The van der Waals surface area contributed by atoms with E-state index in [9.17, 15) is 4.79 Å². The van der Waals surface area contributed by atoms with E-state index in [-0.39, 0.29) is 0 Å². The van der Waals surface area contributed by atoms with E-state index < -0.39 is 11.9 Å². The molecule has 0 aliphatic heterocycles. The first-order chi connectivity index (χ1) is 9.95. The van der Waals surface area contributed by atoms with Gasteiger partial charge in [-0.1, -0.05) is 24.3 Å². The lowest BCUT2D eigenvalue weighted by Crippen LogP contribution is -2.17. The molecule has 0 amide bonds. The highest BCUT2D eigenvalue weighted by molar-refractivity contribution is 5.75. The first kappa shape index (κ1) is 15.3. The molecule has 21 heavy (non-hydrogen) atoms. The van der Waals surface area contributed by atoms with Crippen molar-refractivity contribution in [3.05, 3.63) is 59.0 Å². The maximum absolute atomic E-state index is 10.9. The third kappa shape index (κ3) is 4.20. The number of hydrogen-bond acceptors (Lipinski definition) is 3. The molecule has 2 aromatic rings. The molecular formula is C17H21NO3. The molecule has 0 bridgehead atoms. The highest BCUT2D eigenvalue weighted by Crippen LogP contribution is 2.17. The number of carboxylic acid groups (broad SMARTS) is 1. The van der Waals surface area contributed by atoms with Crippen LogP contribution < -0.4 is 0 Å². The summed E-state index contributed by atoms with van der Waals surface area (Å²) >= 11 is 0. The largest absolute Gasteiger partial charge is 0.481 e. The highest BCUT2D eigenvalue weighted by atomic mass is 16.4. The summed E-state index contributed by atoms with van der Waals surface area (Å²) in [5.74, 6) is 0.604. The summed E-state index contributed by atoms with van der Waals surface area (Å²) in [6, 6.07) is 11.7. The fourth-order valence-corrected chi connectivity index (χ4v) is 2.26. The number of aliphatic carboxylic acids is 1. The Morgan fingerprint density at radius 1 is 1.19 bits per heavy atom. The zero-order valence-corrected chi connectivity index (χ0v) is 12.7. The van der Waals surface area contributed by atoms with Crippen molar-refractivity contribution in [3.8, 4) is 0 Å². The van der Waals surface area contributed by atoms with Crippen LogP contribution in [-0.4, -0.2) is 23.0 Å². The van der Waals surface area contributed by atoms with Gasteiger partial charge in [0.1, 0.15) is 11.5 Å². The van der Waals surface area contributed by atoms with Crippen LogP contribution in [0.5, 0.6) is 0 Å². The summed E-state index contributed by atoms with van der Waals surface area (Å²) in [6.45, 7) is 5.18. The Hall–Kier alpha value is -2.07. The third-order valence-electron chi connectivity index (χ3n) is 3.52. The highest BCUT2D eigenvalue weighted by Gasteiger charge is 2.13. The number of furan rings is 1. The SMILES string of the molecule is Cc1ccc(CN(C)Cc2ccc(C(C)C(=O)O)cc2)o1. The molecule has 0 radical (unpaired) electrons. The smallest absolute Gasteiger partial charge is 0.310 e. The van der Waals surface area contributed by atoms with Crippen LogP contribution in [0, 0.1) is 6.92 Å². The Morgan fingerprint density at radius 3 is 2.38 bits per heavy atom. The minimum Gasteiger partial charge on any atom is -0.481 e. The maximum atomic E-state index is 10.9. The topological polar surface area (TPSA) is 53.7 Å². The molecule has 0 aliphatic rings. The van der Waals surface area contributed by atoms with E-state index in [0.717, 1.165) is 35.7 Å². The predicted molar refractivity (Wildman–Crippen MR) is 81.1 cm³/mol. The van der Waals surface area contributed by atoms with E-state index in [1.165, 1.54) is 0 Å². The number of aryl methyl sites for hydroxylation is 1. The molecule has 4 nitrogen and oxygen atoms in total. The minimum absolute atomic E-state index is 0.470. The van der Waals surface area contributed by atoms with Crippen LogP contribution in [0.4, 0.5) is 0 Å². The number of rotatable bonds is 6. The summed E-state index contributed by atoms with van der Waals surface area (Å²) in [7, 11) is 2.03. The summed E-state index contributed by atoms with van der Waals surface area (Å²) in [4.78, 5) is 13.1. The molecule has 0 saturated heterocycles. The summed E-state index contributed by atoms with van der Waals surface area (Å²) in [5, 5.41) is 9.00. The van der Waals surface area contributed by atoms with Crippen LogP contribution in [0.25, 0.3) is 0 Å². The number of benzene rings is 1. The van der Waals surface area contributed by atoms with Crippen molar-refractivity contribution in [2.24, 2.45) is 0 Å². The van der Waals surface area contributed by atoms with Crippen LogP contribution >= 0.6 is 0 Å². The van der Waals surface area contributed by atoms with Gasteiger partial charge in [-0.3, -0.25) is 9.69 Å². The molecule has 1 aromatic carbocycles. The van der Waals surface area contributed by atoms with E-state index in [1.807, 2.05) is 50.4 Å². The second kappa shape index (κ2) is 6.59. The van der Waals surface area contributed by atoms with Gasteiger partial charge in [0.2, 0.25) is 0 Å². The molecule has 1 unspecified atom stereocenters. The first-order valence-electron chi connectivity index (χ1n) is 7.01. The Balaban J connectivity index is 1.95. The maximum Gasteiger partial charge on any atom is 0.310 e. The third-order valence-corrected chi connectivity index (χ3v) is 3.52. The molecule has 0 fully saturated rings. The van der Waals surface area contributed by atoms with E-state index in [4.69, 9.17) is 9.52 Å². The van der Waals surface area contributed by atoms with Crippen LogP contribution in [0.1, 0.15) is 35.5 Å². The van der Waals surface area contributed by atoms with Gasteiger partial charge < -0.3 is 9.52 Å². The standard InChI is InChI=1S/C17H21NO3/c1-12-4-9-16(21-12)11-18(3)10-14-5-7-15(8-6-14)13(2)17(19)20/h4-9,13H,10-11H2,1-3H3,(H,19,20). The van der Waals surface area contributed by atoms with E-state index in [1.54, 1.807) is 6.92 Å². The lowest BCUT2D eigenvalue weighted by atomic mass is 10.00. The molecule has 0 spiro atoms. The predicted octanol–water partition coefficient (Wildman–Crippen LogP) is 3.41. The second-order valence-corrected chi connectivity index (χ2v) is 5.49. The van der Waals surface area contributed by atoms with E-state index in [2.05, 4.69) is 4.90 Å². The molecule has 2 rings (SSSR count). The Morgan fingerprint density at radius 2 is 1.86 bits per heavy atom. The summed E-state index contributed by atoms with van der Waals surface area (Å²) in [6.07, 6.45) is 0. The number of carbonyl (C=O) groups is 1. The molecule has 0 aliphatic carbocycles. The van der Waals surface area contributed by atoms with Gasteiger partial charge >= 0.3 is 5.97 Å². The number of carboxylic acids is 1. The summed E-state index contributed by atoms with van der Waals surface area (Å²) < 4.78 is 5.56. The van der Waals surface area contributed by atoms with Crippen LogP contribution in [-0.2, 0) is 17.9 Å². The van der Waals surface area contributed by atoms with Gasteiger partial charge in [-0.25, -0.2) is 0 Å². The average Bonchev–Trinajstić information content (AvgIpc) is 2.83. The molecule has 1 atom stereocenters. The van der Waals surface area contributed by atoms with Crippen LogP contribution in [0.15, 0.2) is 40.8 Å². The molecule has 1 heterocycles. The molecule has 1 N–H and O–H groups in total. The van der Waals surface area contributed by atoms with Crippen molar-refractivity contribution < 1.29 is 14.3 Å². The van der Waals surface area contributed by atoms with Gasteiger partial charge in [0.25, 0.3) is 0 Å². The van der Waals surface area contributed by atoms with Crippen molar-refractivity contribution in [3.63, 3.8) is 0 Å². The Labute approximate surface area is 125 Å². The van der Waals surface area contributed by atoms with Crippen molar-refractivity contribution in [1.82, 2.24) is 4.90 Å². The molecule has 4 heteroatoms. The normalized spacial score (nSPS) is 12.6. The minimum atomic E-state index is -0.798. The van der Waals surface area contributed by atoms with Crippen molar-refractivity contribution in [2.45, 2.75) is 32.9 Å². The average molecular weight is 287 g/mol. The van der Waals surface area contributed by atoms with Gasteiger partial charge in [-0.15, -0.1) is 0 Å². The Bertz CT molecular complexity index is 601. The zero-order chi connectivity index (χ0) is 15.4. The monoisotopic (exact) mass is 287 g/mol. The van der Waals surface area contributed by atoms with Gasteiger partial charge in [-0.2, -0.15) is 0 Å². The van der Waals surface area contributed by atoms with Crippen molar-refractivity contribution >= 4 is 5.97 Å². The fraction of sp³-hybridized carbons (Fsp3) is 0.353. The van der Waals surface area contributed by atoms with Gasteiger partial charge in [-0.05, 0) is 44.2 Å². The molecule has 0 saturated carbocycles. The zero-order valence-electron chi connectivity index (χ0n) is 12.7. The van der Waals surface area contributed by atoms with Crippen LogP contribution in [0.3, 0.4) is 0 Å². The van der Waals surface area contributed by atoms with Gasteiger partial charge in [0.05, 0.1) is 12.5 Å².